The van der Waals surface area contributed by atoms with Gasteiger partial charge in [0.2, 0.25) is 5.91 Å². The van der Waals surface area contributed by atoms with Crippen LogP contribution in [0.4, 0.5) is 0 Å². The molecule has 4 rings (SSSR count). The molecular formula is C21H27N3O3. The molecule has 6 nitrogen and oxygen atoms in total. The number of nitrogens with zero attached hydrogens (tertiary/aromatic N) is 3. The third-order valence-electron chi connectivity index (χ3n) is 5.23. The number of aromatic nitrogens is 2. The minimum absolute atomic E-state index is 0.0443. The average Bonchev–Trinajstić information content (AvgIpc) is 3.11. The highest BCUT2D eigenvalue weighted by Gasteiger charge is 2.23. The van der Waals surface area contributed by atoms with Crippen LogP contribution in [0.5, 0.6) is 0 Å². The lowest BCUT2D eigenvalue weighted by Gasteiger charge is -2.28. The molecule has 2 aromatic rings. The lowest BCUT2D eigenvalue weighted by atomic mass is 10.1. The Hall–Kier alpha value is -2.18. The molecular weight excluding hydrogens is 342 g/mol. The molecule has 0 aliphatic carbocycles. The van der Waals surface area contributed by atoms with E-state index < -0.39 is 0 Å². The van der Waals surface area contributed by atoms with Crippen molar-refractivity contribution in [2.24, 2.45) is 0 Å². The summed E-state index contributed by atoms with van der Waals surface area (Å²) < 4.78 is 13.3. The van der Waals surface area contributed by atoms with Gasteiger partial charge < -0.3 is 14.4 Å². The molecule has 1 saturated heterocycles. The number of benzene rings is 1. The van der Waals surface area contributed by atoms with E-state index in [0.717, 1.165) is 43.8 Å². The second-order valence-electron chi connectivity index (χ2n) is 7.33. The van der Waals surface area contributed by atoms with Gasteiger partial charge in [-0.05, 0) is 30.9 Å². The fourth-order valence-electron chi connectivity index (χ4n) is 3.74. The first-order valence-corrected chi connectivity index (χ1v) is 9.84. The number of carbonyl (C=O) groups is 1. The van der Waals surface area contributed by atoms with Gasteiger partial charge in [0.15, 0.2) is 0 Å². The Balaban J connectivity index is 1.28. The average molecular weight is 369 g/mol. The maximum absolute atomic E-state index is 12.5. The maximum atomic E-state index is 12.5. The second kappa shape index (κ2) is 8.67. The highest BCUT2D eigenvalue weighted by molar-refractivity contribution is 5.77. The minimum atomic E-state index is 0.0443. The number of ether oxygens (including phenoxy) is 2. The van der Waals surface area contributed by atoms with Crippen LogP contribution in [0.1, 0.15) is 36.2 Å². The summed E-state index contributed by atoms with van der Waals surface area (Å²) in [6, 6.07) is 12.5. The standard InChI is InChI=1S/C21H27N3O3/c25-21(16-26-15-20-8-4-5-11-27-20)23-9-10-24-19(14-23)13-18(22-24)12-17-6-2-1-3-7-17/h1-3,6-7,13,20H,4-5,8-12,14-16H2. The second-order valence-corrected chi connectivity index (χ2v) is 7.33. The van der Waals surface area contributed by atoms with Gasteiger partial charge in [0.1, 0.15) is 6.61 Å². The third-order valence-corrected chi connectivity index (χ3v) is 5.23. The normalized spacial score (nSPS) is 19.7. The molecule has 6 heteroatoms. The molecule has 0 N–H and O–H groups in total. The van der Waals surface area contributed by atoms with Crippen molar-refractivity contribution < 1.29 is 14.3 Å². The monoisotopic (exact) mass is 369 g/mol. The van der Waals surface area contributed by atoms with Crippen LogP contribution >= 0.6 is 0 Å². The summed E-state index contributed by atoms with van der Waals surface area (Å²) in [6.45, 7) is 3.47. The van der Waals surface area contributed by atoms with Gasteiger partial charge in [0.25, 0.3) is 0 Å². The molecule has 1 unspecified atom stereocenters. The van der Waals surface area contributed by atoms with Crippen LogP contribution in [0.15, 0.2) is 36.4 Å². The predicted molar refractivity (Wildman–Crippen MR) is 101 cm³/mol. The van der Waals surface area contributed by atoms with Crippen molar-refractivity contribution in [3.63, 3.8) is 0 Å². The zero-order valence-corrected chi connectivity index (χ0v) is 15.7. The Morgan fingerprint density at radius 1 is 1.22 bits per heavy atom. The van der Waals surface area contributed by atoms with Crippen LogP contribution in [-0.2, 0) is 33.8 Å². The van der Waals surface area contributed by atoms with Crippen molar-refractivity contribution in [1.29, 1.82) is 0 Å². The first-order chi connectivity index (χ1) is 13.3. The minimum Gasteiger partial charge on any atom is -0.376 e. The summed E-state index contributed by atoms with van der Waals surface area (Å²) in [4.78, 5) is 14.3. The summed E-state index contributed by atoms with van der Waals surface area (Å²) in [6.07, 6.45) is 4.31. The summed E-state index contributed by atoms with van der Waals surface area (Å²) in [7, 11) is 0. The zero-order valence-electron chi connectivity index (χ0n) is 15.7. The quantitative estimate of drug-likeness (QED) is 0.785. The lowest BCUT2D eigenvalue weighted by Crippen LogP contribution is -2.40. The SMILES string of the molecule is O=C(COCC1CCCCO1)N1CCn2nc(Cc3ccccc3)cc2C1. The Labute approximate surface area is 160 Å². The van der Waals surface area contributed by atoms with E-state index in [2.05, 4.69) is 18.2 Å². The summed E-state index contributed by atoms with van der Waals surface area (Å²) in [5, 5.41) is 4.69. The molecule has 1 atom stereocenters. The van der Waals surface area contributed by atoms with Crippen LogP contribution < -0.4 is 0 Å². The predicted octanol–water partition coefficient (Wildman–Crippen LogP) is 2.40. The van der Waals surface area contributed by atoms with Crippen molar-refractivity contribution in [3.8, 4) is 0 Å². The van der Waals surface area contributed by atoms with E-state index in [1.807, 2.05) is 27.8 Å². The van der Waals surface area contributed by atoms with Gasteiger partial charge in [-0.1, -0.05) is 30.3 Å². The Kier molecular flexibility index (Phi) is 5.84. The van der Waals surface area contributed by atoms with Gasteiger partial charge in [-0.15, -0.1) is 0 Å². The number of amides is 1. The van der Waals surface area contributed by atoms with E-state index in [-0.39, 0.29) is 18.6 Å². The van der Waals surface area contributed by atoms with Crippen LogP contribution in [0.25, 0.3) is 0 Å². The molecule has 0 radical (unpaired) electrons. The fraction of sp³-hybridized carbons (Fsp3) is 0.524. The van der Waals surface area contributed by atoms with Crippen molar-refractivity contribution in [2.45, 2.75) is 44.9 Å². The van der Waals surface area contributed by atoms with E-state index >= 15 is 0 Å². The summed E-state index contributed by atoms with van der Waals surface area (Å²) >= 11 is 0. The van der Waals surface area contributed by atoms with E-state index in [0.29, 0.717) is 19.7 Å². The van der Waals surface area contributed by atoms with Crippen LogP contribution in [-0.4, -0.2) is 53.1 Å². The van der Waals surface area contributed by atoms with Gasteiger partial charge in [-0.3, -0.25) is 9.48 Å². The highest BCUT2D eigenvalue weighted by atomic mass is 16.5. The molecule has 2 aliphatic heterocycles. The molecule has 27 heavy (non-hydrogen) atoms. The van der Waals surface area contributed by atoms with Crippen molar-refractivity contribution >= 4 is 5.91 Å². The molecule has 144 valence electrons. The Morgan fingerprint density at radius 3 is 2.93 bits per heavy atom. The summed E-state index contributed by atoms with van der Waals surface area (Å²) in [5.41, 5.74) is 3.39. The molecule has 1 fully saturated rings. The van der Waals surface area contributed by atoms with Crippen molar-refractivity contribution in [1.82, 2.24) is 14.7 Å². The number of carbonyl (C=O) groups excluding carboxylic acids is 1. The molecule has 1 amide bonds. The fourth-order valence-corrected chi connectivity index (χ4v) is 3.74. The largest absolute Gasteiger partial charge is 0.376 e. The smallest absolute Gasteiger partial charge is 0.248 e. The number of rotatable bonds is 6. The first kappa shape index (κ1) is 18.2. The van der Waals surface area contributed by atoms with Crippen molar-refractivity contribution in [2.75, 3.05) is 26.4 Å². The topological polar surface area (TPSA) is 56.6 Å². The Bertz CT molecular complexity index is 753. The number of fused-ring (bicyclic) bond motifs is 1. The molecule has 2 aliphatic rings. The van der Waals surface area contributed by atoms with E-state index in [1.165, 1.54) is 12.0 Å². The lowest BCUT2D eigenvalue weighted by molar-refractivity contribution is -0.139. The van der Waals surface area contributed by atoms with E-state index in [4.69, 9.17) is 14.6 Å². The van der Waals surface area contributed by atoms with Crippen LogP contribution in [0, 0.1) is 0 Å². The zero-order chi connectivity index (χ0) is 18.5. The molecule has 0 spiro atoms. The van der Waals surface area contributed by atoms with E-state index in [9.17, 15) is 4.79 Å². The highest BCUT2D eigenvalue weighted by Crippen LogP contribution is 2.17. The number of hydrogen-bond donors (Lipinski definition) is 0. The molecule has 1 aromatic carbocycles. The molecule has 0 saturated carbocycles. The van der Waals surface area contributed by atoms with Gasteiger partial charge in [-0.25, -0.2) is 0 Å². The van der Waals surface area contributed by atoms with Crippen molar-refractivity contribution in [3.05, 3.63) is 53.3 Å². The van der Waals surface area contributed by atoms with E-state index in [1.54, 1.807) is 0 Å². The van der Waals surface area contributed by atoms with Gasteiger partial charge in [0, 0.05) is 19.6 Å². The molecule has 0 bridgehead atoms. The third kappa shape index (κ3) is 4.76. The first-order valence-electron chi connectivity index (χ1n) is 9.84. The van der Waals surface area contributed by atoms with Crippen LogP contribution in [0.2, 0.25) is 0 Å². The number of hydrogen-bond acceptors (Lipinski definition) is 4. The Morgan fingerprint density at radius 2 is 2.11 bits per heavy atom. The van der Waals surface area contributed by atoms with Gasteiger partial charge in [-0.2, -0.15) is 5.10 Å². The molecule has 3 heterocycles. The molecule has 1 aromatic heterocycles. The summed E-state index contributed by atoms with van der Waals surface area (Å²) in [5.74, 6) is 0.0443. The van der Waals surface area contributed by atoms with Gasteiger partial charge >= 0.3 is 0 Å². The van der Waals surface area contributed by atoms with Crippen LogP contribution in [0.3, 0.4) is 0 Å². The van der Waals surface area contributed by atoms with Gasteiger partial charge in [0.05, 0.1) is 37.2 Å². The maximum Gasteiger partial charge on any atom is 0.248 e.